The van der Waals surface area contributed by atoms with Gasteiger partial charge in [-0.15, -0.1) is 0 Å². The predicted octanol–water partition coefficient (Wildman–Crippen LogP) is 5.12. The quantitative estimate of drug-likeness (QED) is 0.534. The third kappa shape index (κ3) is 3.96. The number of carbonyl (C=O) groups is 3. The van der Waals surface area contributed by atoms with Crippen LogP contribution >= 0.6 is 35.0 Å². The number of halogens is 2. The van der Waals surface area contributed by atoms with Gasteiger partial charge in [0.05, 0.1) is 4.91 Å². The molecule has 6 nitrogen and oxygen atoms in total. The molecule has 3 aromatic rings. The summed E-state index contributed by atoms with van der Waals surface area (Å²) in [5, 5.41) is 10.3. The predicted molar refractivity (Wildman–Crippen MR) is 118 cm³/mol. The molecule has 1 N–H and O–H groups in total. The van der Waals surface area contributed by atoms with Gasteiger partial charge < -0.3 is 9.67 Å². The first-order chi connectivity index (χ1) is 14.3. The van der Waals surface area contributed by atoms with Crippen molar-refractivity contribution in [1.29, 1.82) is 0 Å². The molecule has 1 aliphatic heterocycles. The van der Waals surface area contributed by atoms with Crippen LogP contribution in [0.25, 0.3) is 17.0 Å². The van der Waals surface area contributed by atoms with E-state index >= 15 is 0 Å². The molecule has 1 saturated heterocycles. The Kier molecular flexibility index (Phi) is 5.60. The van der Waals surface area contributed by atoms with Crippen LogP contribution in [0.5, 0.6) is 0 Å². The van der Waals surface area contributed by atoms with Crippen molar-refractivity contribution in [3.8, 4) is 0 Å². The summed E-state index contributed by atoms with van der Waals surface area (Å²) in [5.41, 5.74) is 2.56. The van der Waals surface area contributed by atoms with Crippen LogP contribution in [0.2, 0.25) is 10.0 Å². The van der Waals surface area contributed by atoms with E-state index < -0.39 is 23.7 Å². The lowest BCUT2D eigenvalue weighted by Gasteiger charge is -2.08. The Labute approximate surface area is 185 Å². The Morgan fingerprint density at radius 2 is 1.90 bits per heavy atom. The van der Waals surface area contributed by atoms with Gasteiger partial charge in [-0.3, -0.25) is 19.3 Å². The molecule has 1 aliphatic rings. The number of benzene rings is 2. The average molecular weight is 461 g/mol. The number of carbonyl (C=O) groups excluding carboxylic acids is 2. The minimum absolute atomic E-state index is 0.189. The molecule has 0 bridgehead atoms. The average Bonchev–Trinajstić information content (AvgIpc) is 3.16. The monoisotopic (exact) mass is 460 g/mol. The van der Waals surface area contributed by atoms with Gasteiger partial charge in [0.1, 0.15) is 6.54 Å². The molecule has 0 aliphatic carbocycles. The van der Waals surface area contributed by atoms with E-state index in [1.165, 1.54) is 0 Å². The second-order valence-electron chi connectivity index (χ2n) is 6.63. The summed E-state index contributed by atoms with van der Waals surface area (Å²) >= 11 is 13.0. The van der Waals surface area contributed by atoms with Crippen LogP contribution in [-0.2, 0) is 16.1 Å². The molecule has 2 heterocycles. The molecule has 2 amide bonds. The van der Waals surface area contributed by atoms with Crippen molar-refractivity contribution in [3.05, 3.63) is 74.7 Å². The zero-order valence-electron chi connectivity index (χ0n) is 15.3. The first kappa shape index (κ1) is 20.5. The molecule has 0 radical (unpaired) electrons. The number of para-hydroxylation sites is 1. The topological polar surface area (TPSA) is 79.6 Å². The molecule has 0 saturated carbocycles. The number of aromatic nitrogens is 1. The van der Waals surface area contributed by atoms with Gasteiger partial charge in [-0.25, -0.2) is 0 Å². The number of hydrogen-bond acceptors (Lipinski definition) is 4. The highest BCUT2D eigenvalue weighted by molar-refractivity contribution is 8.18. The standard InChI is InChI=1S/C21H14Cl2N2O4S/c22-14-6-5-12(16(23)8-14)9-24-10-13(15-3-1-2-4-17(15)24)7-18-20(28)25(11-19(26)27)21(29)30-18/h1-8,10H,9,11H2,(H,26,27)/b18-7+. The van der Waals surface area contributed by atoms with Crippen LogP contribution in [0.4, 0.5) is 4.79 Å². The van der Waals surface area contributed by atoms with Gasteiger partial charge in [0.15, 0.2) is 0 Å². The molecule has 4 rings (SSSR count). The minimum Gasteiger partial charge on any atom is -0.480 e. The number of nitrogens with zero attached hydrogens (tertiary/aromatic N) is 2. The minimum atomic E-state index is -1.24. The summed E-state index contributed by atoms with van der Waals surface area (Å²) in [5.74, 6) is -1.85. The van der Waals surface area contributed by atoms with Crippen molar-refractivity contribution < 1.29 is 19.5 Å². The molecule has 152 valence electrons. The lowest BCUT2D eigenvalue weighted by Crippen LogP contribution is -2.33. The van der Waals surface area contributed by atoms with Crippen molar-refractivity contribution in [2.24, 2.45) is 0 Å². The Morgan fingerprint density at radius 1 is 1.13 bits per heavy atom. The van der Waals surface area contributed by atoms with E-state index in [9.17, 15) is 14.4 Å². The van der Waals surface area contributed by atoms with Gasteiger partial charge >= 0.3 is 5.97 Å². The van der Waals surface area contributed by atoms with Gasteiger partial charge in [-0.2, -0.15) is 0 Å². The number of rotatable bonds is 5. The zero-order chi connectivity index (χ0) is 21.4. The smallest absolute Gasteiger partial charge is 0.323 e. The van der Waals surface area contributed by atoms with Crippen LogP contribution in [-0.4, -0.2) is 38.2 Å². The third-order valence-corrected chi connectivity index (χ3v) is 6.12. The number of amides is 2. The number of thioether (sulfide) groups is 1. The molecular formula is C21H14Cl2N2O4S. The Morgan fingerprint density at radius 3 is 2.63 bits per heavy atom. The van der Waals surface area contributed by atoms with Gasteiger partial charge in [-0.05, 0) is 41.6 Å². The molecule has 2 aromatic carbocycles. The Balaban J connectivity index is 1.72. The van der Waals surface area contributed by atoms with Crippen LogP contribution in [0.1, 0.15) is 11.1 Å². The van der Waals surface area contributed by atoms with E-state index in [0.29, 0.717) is 16.6 Å². The van der Waals surface area contributed by atoms with Gasteiger partial charge in [0, 0.05) is 39.3 Å². The second kappa shape index (κ2) is 8.18. The van der Waals surface area contributed by atoms with Crippen LogP contribution < -0.4 is 0 Å². The Hall–Kier alpha value is -2.74. The maximum Gasteiger partial charge on any atom is 0.323 e. The maximum absolute atomic E-state index is 12.5. The van der Waals surface area contributed by atoms with Crippen molar-refractivity contribution in [2.45, 2.75) is 6.54 Å². The fourth-order valence-corrected chi connectivity index (χ4v) is 4.56. The highest BCUT2D eigenvalue weighted by atomic mass is 35.5. The summed E-state index contributed by atoms with van der Waals surface area (Å²) in [6.45, 7) is -0.163. The van der Waals surface area contributed by atoms with Gasteiger partial charge in [0.25, 0.3) is 11.1 Å². The summed E-state index contributed by atoms with van der Waals surface area (Å²) in [6, 6.07) is 13.0. The summed E-state index contributed by atoms with van der Waals surface area (Å²) in [6.07, 6.45) is 3.50. The van der Waals surface area contributed by atoms with E-state index in [2.05, 4.69) is 0 Å². The van der Waals surface area contributed by atoms with E-state index in [-0.39, 0.29) is 4.91 Å². The third-order valence-electron chi connectivity index (χ3n) is 4.63. The van der Waals surface area contributed by atoms with Crippen molar-refractivity contribution in [1.82, 2.24) is 9.47 Å². The number of carboxylic acids is 1. The number of hydrogen-bond donors (Lipinski definition) is 1. The first-order valence-corrected chi connectivity index (χ1v) is 10.4. The molecule has 1 fully saturated rings. The van der Waals surface area contributed by atoms with Crippen LogP contribution in [0.15, 0.2) is 53.6 Å². The highest BCUT2D eigenvalue weighted by Crippen LogP contribution is 2.34. The molecule has 0 atom stereocenters. The second-order valence-corrected chi connectivity index (χ2v) is 8.46. The summed E-state index contributed by atoms with van der Waals surface area (Å²) < 4.78 is 2.00. The zero-order valence-corrected chi connectivity index (χ0v) is 17.7. The molecule has 0 spiro atoms. The largest absolute Gasteiger partial charge is 0.480 e. The van der Waals surface area contributed by atoms with Crippen molar-refractivity contribution >= 4 is 69.1 Å². The van der Waals surface area contributed by atoms with Crippen molar-refractivity contribution in [2.75, 3.05) is 6.54 Å². The summed E-state index contributed by atoms with van der Waals surface area (Å²) in [4.78, 5) is 36.3. The van der Waals surface area contributed by atoms with E-state index in [0.717, 1.165) is 38.7 Å². The number of carboxylic acid groups (broad SMARTS) is 1. The first-order valence-electron chi connectivity index (χ1n) is 8.82. The van der Waals surface area contributed by atoms with E-state index in [4.69, 9.17) is 28.3 Å². The van der Waals surface area contributed by atoms with Crippen molar-refractivity contribution in [3.63, 3.8) is 0 Å². The van der Waals surface area contributed by atoms with Crippen LogP contribution in [0.3, 0.4) is 0 Å². The van der Waals surface area contributed by atoms with Crippen LogP contribution in [0, 0.1) is 0 Å². The number of imide groups is 1. The molecule has 30 heavy (non-hydrogen) atoms. The molecule has 9 heteroatoms. The SMILES string of the molecule is O=C(O)CN1C(=O)S/C(=C/c2cn(Cc3ccc(Cl)cc3Cl)c3ccccc23)C1=O. The Bertz CT molecular complexity index is 1230. The lowest BCUT2D eigenvalue weighted by molar-refractivity contribution is -0.140. The molecular weight excluding hydrogens is 447 g/mol. The normalized spacial score (nSPS) is 15.5. The fourth-order valence-electron chi connectivity index (χ4n) is 3.27. The lowest BCUT2D eigenvalue weighted by atomic mass is 10.1. The fraction of sp³-hybridized carbons (Fsp3) is 0.0952. The van der Waals surface area contributed by atoms with Gasteiger partial charge in [0.2, 0.25) is 0 Å². The molecule has 0 unspecified atom stereocenters. The van der Waals surface area contributed by atoms with E-state index in [1.807, 2.05) is 41.1 Å². The van der Waals surface area contributed by atoms with E-state index in [1.54, 1.807) is 18.2 Å². The van der Waals surface area contributed by atoms with Gasteiger partial charge in [-0.1, -0.05) is 47.5 Å². The highest BCUT2D eigenvalue weighted by Gasteiger charge is 2.36. The number of fused-ring (bicyclic) bond motifs is 1. The maximum atomic E-state index is 12.5. The molecule has 1 aromatic heterocycles. The number of aliphatic carboxylic acids is 1. The summed E-state index contributed by atoms with van der Waals surface area (Å²) in [7, 11) is 0.